The molecule has 0 fully saturated rings. The Balaban J connectivity index is 3.27. The monoisotopic (exact) mass is 367 g/mol. The first-order valence-electron chi connectivity index (χ1n) is 9.03. The summed E-state index contributed by atoms with van der Waals surface area (Å²) < 4.78 is 22.8. The van der Waals surface area contributed by atoms with Gasteiger partial charge >= 0.3 is 15.4 Å². The predicted molar refractivity (Wildman–Crippen MR) is 107 cm³/mol. The molecule has 0 heterocycles. The molecule has 0 spiro atoms. The number of hydrogen-bond donors (Lipinski definition) is 0. The van der Waals surface area contributed by atoms with Crippen molar-refractivity contribution < 1.29 is 13.5 Å². The highest BCUT2D eigenvalue weighted by Crippen LogP contribution is 2.56. The van der Waals surface area contributed by atoms with Gasteiger partial charge in [-0.2, -0.15) is 4.74 Å². The van der Waals surface area contributed by atoms with Crippen molar-refractivity contribution in [3.63, 3.8) is 0 Å². The molecule has 25 heavy (non-hydrogen) atoms. The van der Waals surface area contributed by atoms with Gasteiger partial charge < -0.3 is 18.3 Å². The Bertz CT molecular complexity index is 555. The highest BCUT2D eigenvalue weighted by molar-refractivity contribution is 7.52. The van der Waals surface area contributed by atoms with Crippen molar-refractivity contribution in [1.82, 2.24) is 4.81 Å². The molecule has 5 nitrogen and oxygen atoms in total. The maximum atomic E-state index is 6.11. The molecule has 1 radical (unpaired) electrons. The van der Waals surface area contributed by atoms with Crippen LogP contribution in [0.5, 0.6) is 0 Å². The van der Waals surface area contributed by atoms with Crippen LogP contribution in [0.3, 0.4) is 0 Å². The number of hydrogen-bond acceptors (Lipinski definition) is 5. The summed E-state index contributed by atoms with van der Waals surface area (Å²) >= 11 is 0. The summed E-state index contributed by atoms with van der Waals surface area (Å²) in [6.45, 7) is 17.4. The molecule has 0 N–H and O–H groups in total. The van der Waals surface area contributed by atoms with E-state index in [1.807, 2.05) is 45.9 Å². The summed E-state index contributed by atoms with van der Waals surface area (Å²) in [7, 11) is -1.15. The highest BCUT2D eigenvalue weighted by Gasteiger charge is 2.28. The molecular weight excluding hydrogens is 334 g/mol. The van der Waals surface area contributed by atoms with Gasteiger partial charge in [-0.05, 0) is 50.9 Å². The summed E-state index contributed by atoms with van der Waals surface area (Å²) in [4.78, 5) is 2.13. The van der Waals surface area contributed by atoms with Gasteiger partial charge in [0.2, 0.25) is 0 Å². The fourth-order valence-corrected chi connectivity index (χ4v) is 4.35. The van der Waals surface area contributed by atoms with E-state index < -0.39 is 7.74 Å². The predicted octanol–water partition coefficient (Wildman–Crippen LogP) is 5.62. The van der Waals surface area contributed by atoms with E-state index in [4.69, 9.17) is 18.2 Å². The zero-order valence-corrected chi connectivity index (χ0v) is 17.8. The second-order valence-electron chi connectivity index (χ2n) is 6.49. The van der Waals surface area contributed by atoms with Crippen molar-refractivity contribution in [1.29, 1.82) is 0 Å². The lowest BCUT2D eigenvalue weighted by Crippen LogP contribution is -2.41. The maximum absolute atomic E-state index is 6.11. The Kier molecular flexibility index (Phi) is 9.40. The molecule has 0 saturated heterocycles. The van der Waals surface area contributed by atoms with Crippen LogP contribution in [0.15, 0.2) is 22.9 Å². The van der Waals surface area contributed by atoms with Gasteiger partial charge in [-0.1, -0.05) is 45.9 Å². The summed E-state index contributed by atoms with van der Waals surface area (Å²) in [5.41, 5.74) is 3.04. The first-order valence-corrected chi connectivity index (χ1v) is 10.5. The number of benzene rings is 1. The molecule has 0 aliphatic rings. The van der Waals surface area contributed by atoms with Crippen LogP contribution in [0, 0.1) is 13.8 Å². The molecule has 0 unspecified atom stereocenters. The Morgan fingerprint density at radius 2 is 1.48 bits per heavy atom. The first-order chi connectivity index (χ1) is 11.8. The number of rotatable bonds is 10. The molecule has 0 bridgehead atoms. The molecule has 141 valence electrons. The minimum atomic E-state index is -2.88. The molecule has 1 aromatic rings. The third-order valence-corrected chi connectivity index (χ3v) is 5.72. The van der Waals surface area contributed by atoms with E-state index >= 15 is 0 Å². The van der Waals surface area contributed by atoms with Crippen molar-refractivity contribution in [2.24, 2.45) is 4.74 Å². The minimum Gasteiger partial charge on any atom is -0.349 e. The Hall–Kier alpha value is -0.645. The Morgan fingerprint density at radius 3 is 1.88 bits per heavy atom. The van der Waals surface area contributed by atoms with E-state index in [2.05, 4.69) is 32.5 Å². The van der Waals surface area contributed by atoms with Crippen LogP contribution < -0.4 is 0 Å². The van der Waals surface area contributed by atoms with Crippen molar-refractivity contribution >= 4 is 21.0 Å². The van der Waals surface area contributed by atoms with E-state index in [9.17, 15) is 0 Å². The SMILES string of the molecule is CCOP(=Nc1c(C)cccc1C)(O[B]N(C(C)C)C(C)C)OCC. The maximum Gasteiger partial charge on any atom is 0.408 e. The van der Waals surface area contributed by atoms with Crippen LogP contribution in [0.4, 0.5) is 5.69 Å². The van der Waals surface area contributed by atoms with Gasteiger partial charge in [0.25, 0.3) is 0 Å². The van der Waals surface area contributed by atoms with Crippen LogP contribution in [-0.4, -0.2) is 37.7 Å². The van der Waals surface area contributed by atoms with Gasteiger partial charge in [-0.3, -0.25) is 0 Å². The largest absolute Gasteiger partial charge is 0.408 e. The van der Waals surface area contributed by atoms with Gasteiger partial charge in [-0.15, -0.1) is 0 Å². The average Bonchev–Trinajstić information content (AvgIpc) is 2.51. The molecule has 0 aliphatic carbocycles. The van der Waals surface area contributed by atoms with Gasteiger partial charge in [0.15, 0.2) is 0 Å². The molecule has 1 rings (SSSR count). The molecule has 7 heteroatoms. The molecule has 0 amide bonds. The first kappa shape index (κ1) is 22.4. The number of aryl methyl sites for hydroxylation is 2. The lowest BCUT2D eigenvalue weighted by Gasteiger charge is -2.31. The van der Waals surface area contributed by atoms with Crippen LogP contribution in [0.25, 0.3) is 0 Å². The number of nitrogens with zero attached hydrogens (tertiary/aromatic N) is 2. The van der Waals surface area contributed by atoms with Gasteiger partial charge in [0.05, 0.1) is 18.9 Å². The van der Waals surface area contributed by atoms with Crippen molar-refractivity contribution in [2.45, 2.75) is 67.5 Å². The molecule has 0 aromatic heterocycles. The molecule has 0 aliphatic heterocycles. The standard InChI is InChI=1S/C18H33BN2O3P/c1-9-22-25(23-10-2,24-19-21(14(3)4)15(5)6)20-18-16(7)12-11-13-17(18)8/h11-15H,9-10H2,1-8H3. The third kappa shape index (κ3) is 6.54. The smallest absolute Gasteiger partial charge is 0.349 e. The molecule has 1 aromatic carbocycles. The minimum absolute atomic E-state index is 0.311. The lowest BCUT2D eigenvalue weighted by molar-refractivity contribution is 0.197. The van der Waals surface area contributed by atoms with E-state index in [1.165, 1.54) is 0 Å². The van der Waals surface area contributed by atoms with E-state index in [1.54, 1.807) is 7.62 Å². The van der Waals surface area contributed by atoms with E-state index in [0.29, 0.717) is 25.3 Å². The molecular formula is C18H33BN2O3P. The average molecular weight is 367 g/mol. The van der Waals surface area contributed by atoms with Crippen molar-refractivity contribution in [3.05, 3.63) is 29.3 Å². The summed E-state index contributed by atoms with van der Waals surface area (Å²) in [5.74, 6) is 0. The van der Waals surface area contributed by atoms with Crippen LogP contribution in [-0.2, 0) is 13.5 Å². The zero-order valence-electron chi connectivity index (χ0n) is 16.9. The van der Waals surface area contributed by atoms with Crippen molar-refractivity contribution in [2.75, 3.05) is 13.2 Å². The van der Waals surface area contributed by atoms with E-state index in [0.717, 1.165) is 16.8 Å². The van der Waals surface area contributed by atoms with Crippen LogP contribution in [0.1, 0.15) is 52.7 Å². The Labute approximate surface area is 154 Å². The van der Waals surface area contributed by atoms with Gasteiger partial charge in [-0.25, -0.2) is 0 Å². The molecule has 0 saturated carbocycles. The fourth-order valence-electron chi connectivity index (χ4n) is 2.55. The Morgan fingerprint density at radius 1 is 1.00 bits per heavy atom. The second-order valence-corrected chi connectivity index (χ2v) is 8.35. The van der Waals surface area contributed by atoms with Gasteiger partial charge in [0, 0.05) is 0 Å². The third-order valence-electron chi connectivity index (χ3n) is 3.74. The summed E-state index contributed by atoms with van der Waals surface area (Å²) in [5, 5.41) is 0. The summed E-state index contributed by atoms with van der Waals surface area (Å²) in [6.07, 6.45) is 0. The topological polar surface area (TPSA) is 43.3 Å². The fraction of sp³-hybridized carbons (Fsp3) is 0.667. The normalized spacial score (nSPS) is 12.3. The van der Waals surface area contributed by atoms with Crippen LogP contribution >= 0.6 is 7.74 Å². The quantitative estimate of drug-likeness (QED) is 0.397. The van der Waals surface area contributed by atoms with Crippen molar-refractivity contribution in [3.8, 4) is 0 Å². The van der Waals surface area contributed by atoms with E-state index in [-0.39, 0.29) is 0 Å². The van der Waals surface area contributed by atoms with Crippen LogP contribution in [0.2, 0.25) is 0 Å². The highest BCUT2D eigenvalue weighted by atomic mass is 31.2. The lowest BCUT2D eigenvalue weighted by atomic mass is 10.1. The zero-order chi connectivity index (χ0) is 19.0. The summed E-state index contributed by atoms with van der Waals surface area (Å²) in [6, 6.07) is 6.72. The second kappa shape index (κ2) is 10.5. The van der Waals surface area contributed by atoms with Gasteiger partial charge in [0.1, 0.15) is 0 Å². The molecule has 0 atom stereocenters.